The van der Waals surface area contributed by atoms with Gasteiger partial charge in [0.25, 0.3) is 5.91 Å². The fourth-order valence-corrected chi connectivity index (χ4v) is 2.68. The highest BCUT2D eigenvalue weighted by Crippen LogP contribution is 2.18. The third-order valence-corrected chi connectivity index (χ3v) is 4.43. The maximum atomic E-state index is 14.5. The van der Waals surface area contributed by atoms with Crippen molar-refractivity contribution >= 4 is 18.3 Å². The Morgan fingerprint density at radius 3 is 2.46 bits per heavy atom. The molecule has 2 rings (SSSR count). The summed E-state index contributed by atoms with van der Waals surface area (Å²) in [6.07, 6.45) is 0.715. The minimum absolute atomic E-state index is 0. The van der Waals surface area contributed by atoms with Gasteiger partial charge in [-0.1, -0.05) is 13.8 Å². The number of hydrogen-bond acceptors (Lipinski definition) is 3. The summed E-state index contributed by atoms with van der Waals surface area (Å²) in [6, 6.07) is 6.42. The molecule has 0 aliphatic rings. The van der Waals surface area contributed by atoms with E-state index < -0.39 is 5.82 Å². The van der Waals surface area contributed by atoms with Crippen LogP contribution >= 0.6 is 12.4 Å². The standard InChI is InChI=1S/C19H27FN4O.ClH/c1-12(2)17(21)8-9-23(5)19(25)15-6-7-18(16(20)11-15)24-14(4)10-13(3)22-24;/h6-7,10-12,17H,8-9,21H2,1-5H3;1H. The van der Waals surface area contributed by atoms with E-state index in [0.717, 1.165) is 11.4 Å². The predicted octanol–water partition coefficient (Wildman–Crippen LogP) is 3.50. The molecule has 1 heterocycles. The Morgan fingerprint density at radius 2 is 1.96 bits per heavy atom. The summed E-state index contributed by atoms with van der Waals surface area (Å²) >= 11 is 0. The van der Waals surface area contributed by atoms with Gasteiger partial charge in [0.1, 0.15) is 11.5 Å². The van der Waals surface area contributed by atoms with Crippen LogP contribution in [0.15, 0.2) is 24.3 Å². The van der Waals surface area contributed by atoms with Gasteiger partial charge in [-0.3, -0.25) is 4.79 Å². The number of aromatic nitrogens is 2. The molecule has 1 aromatic heterocycles. The van der Waals surface area contributed by atoms with Crippen LogP contribution in [-0.4, -0.2) is 40.2 Å². The van der Waals surface area contributed by atoms with Crippen LogP contribution in [0.1, 0.15) is 42.0 Å². The van der Waals surface area contributed by atoms with Gasteiger partial charge in [0.15, 0.2) is 0 Å². The van der Waals surface area contributed by atoms with Crippen molar-refractivity contribution in [2.75, 3.05) is 13.6 Å². The van der Waals surface area contributed by atoms with Crippen molar-refractivity contribution < 1.29 is 9.18 Å². The van der Waals surface area contributed by atoms with E-state index in [0.29, 0.717) is 30.1 Å². The van der Waals surface area contributed by atoms with Gasteiger partial charge in [0.2, 0.25) is 0 Å². The zero-order valence-corrected chi connectivity index (χ0v) is 16.8. The average Bonchev–Trinajstić information content (AvgIpc) is 2.89. The van der Waals surface area contributed by atoms with E-state index in [-0.39, 0.29) is 24.4 Å². The summed E-state index contributed by atoms with van der Waals surface area (Å²) < 4.78 is 16.1. The molecule has 7 heteroatoms. The Morgan fingerprint density at radius 1 is 1.31 bits per heavy atom. The summed E-state index contributed by atoms with van der Waals surface area (Å²) in [5.74, 6) is -0.319. The molecule has 5 nitrogen and oxygen atoms in total. The minimum Gasteiger partial charge on any atom is -0.342 e. The van der Waals surface area contributed by atoms with Crippen LogP contribution in [0.25, 0.3) is 5.69 Å². The summed E-state index contributed by atoms with van der Waals surface area (Å²) in [7, 11) is 1.71. The molecule has 144 valence electrons. The second kappa shape index (κ2) is 9.14. The summed E-state index contributed by atoms with van der Waals surface area (Å²) in [6.45, 7) is 8.37. The van der Waals surface area contributed by atoms with Crippen molar-refractivity contribution in [3.05, 3.63) is 47.0 Å². The molecule has 0 spiro atoms. The molecule has 1 amide bonds. The predicted molar refractivity (Wildman–Crippen MR) is 105 cm³/mol. The Kier molecular flexibility index (Phi) is 7.78. The van der Waals surface area contributed by atoms with Gasteiger partial charge in [-0.25, -0.2) is 9.07 Å². The first-order valence-electron chi connectivity index (χ1n) is 8.55. The molecule has 0 radical (unpaired) electrons. The number of halogens is 2. The van der Waals surface area contributed by atoms with Gasteiger partial charge in [-0.15, -0.1) is 12.4 Å². The van der Waals surface area contributed by atoms with Crippen molar-refractivity contribution in [1.29, 1.82) is 0 Å². The van der Waals surface area contributed by atoms with Crippen LogP contribution in [0.2, 0.25) is 0 Å². The second-order valence-corrected chi connectivity index (χ2v) is 6.93. The van der Waals surface area contributed by atoms with Crippen molar-refractivity contribution in [3.63, 3.8) is 0 Å². The van der Waals surface area contributed by atoms with Crippen LogP contribution in [-0.2, 0) is 0 Å². The van der Waals surface area contributed by atoms with E-state index in [1.54, 1.807) is 28.8 Å². The number of amides is 1. The van der Waals surface area contributed by atoms with E-state index in [4.69, 9.17) is 5.73 Å². The van der Waals surface area contributed by atoms with Crippen molar-refractivity contribution in [2.45, 2.75) is 40.2 Å². The SMILES string of the molecule is Cc1cc(C)n(-c2ccc(C(=O)N(C)CCC(N)C(C)C)cc2F)n1.Cl. The molecule has 0 saturated heterocycles. The highest BCUT2D eigenvalue weighted by atomic mass is 35.5. The molecule has 1 unspecified atom stereocenters. The fraction of sp³-hybridized carbons (Fsp3) is 0.474. The number of nitrogens with zero attached hydrogens (tertiary/aromatic N) is 3. The maximum Gasteiger partial charge on any atom is 0.253 e. The molecule has 1 aromatic carbocycles. The van der Waals surface area contributed by atoms with Crippen LogP contribution in [0.5, 0.6) is 0 Å². The number of benzene rings is 1. The van der Waals surface area contributed by atoms with Crippen LogP contribution in [0, 0.1) is 25.6 Å². The van der Waals surface area contributed by atoms with Crippen LogP contribution < -0.4 is 5.73 Å². The van der Waals surface area contributed by atoms with Gasteiger partial charge in [0, 0.05) is 30.9 Å². The lowest BCUT2D eigenvalue weighted by molar-refractivity contribution is 0.0788. The second-order valence-electron chi connectivity index (χ2n) is 6.93. The van der Waals surface area contributed by atoms with Gasteiger partial charge >= 0.3 is 0 Å². The maximum absolute atomic E-state index is 14.5. The van der Waals surface area contributed by atoms with Gasteiger partial charge in [-0.05, 0) is 50.5 Å². The topological polar surface area (TPSA) is 64.2 Å². The molecule has 0 bridgehead atoms. The number of hydrogen-bond donors (Lipinski definition) is 1. The zero-order valence-electron chi connectivity index (χ0n) is 16.0. The highest BCUT2D eigenvalue weighted by Gasteiger charge is 2.17. The first kappa shape index (κ1) is 22.1. The van der Waals surface area contributed by atoms with E-state index in [2.05, 4.69) is 18.9 Å². The molecule has 2 N–H and O–H groups in total. The largest absolute Gasteiger partial charge is 0.342 e. The highest BCUT2D eigenvalue weighted by molar-refractivity contribution is 5.94. The molecule has 0 aliphatic heterocycles. The Balaban J connectivity index is 0.00000338. The monoisotopic (exact) mass is 382 g/mol. The van der Waals surface area contributed by atoms with E-state index in [1.165, 1.54) is 6.07 Å². The Hall–Kier alpha value is -1.92. The Labute approximate surface area is 160 Å². The molecule has 26 heavy (non-hydrogen) atoms. The molecule has 0 saturated carbocycles. The van der Waals surface area contributed by atoms with Crippen LogP contribution in [0.4, 0.5) is 4.39 Å². The number of carbonyl (C=O) groups is 1. The lowest BCUT2D eigenvalue weighted by Gasteiger charge is -2.21. The van der Waals surface area contributed by atoms with E-state index in [1.807, 2.05) is 19.9 Å². The van der Waals surface area contributed by atoms with Gasteiger partial charge in [0.05, 0.1) is 5.69 Å². The van der Waals surface area contributed by atoms with Crippen LogP contribution in [0.3, 0.4) is 0 Å². The molecule has 2 aromatic rings. The lowest BCUT2D eigenvalue weighted by Crippen LogP contribution is -2.34. The van der Waals surface area contributed by atoms with E-state index >= 15 is 0 Å². The number of rotatable bonds is 6. The first-order chi connectivity index (χ1) is 11.7. The quantitative estimate of drug-likeness (QED) is 0.831. The normalized spacial score (nSPS) is 12.0. The molecule has 0 fully saturated rings. The van der Waals surface area contributed by atoms with Gasteiger partial charge in [-0.2, -0.15) is 5.10 Å². The van der Waals surface area contributed by atoms with E-state index in [9.17, 15) is 9.18 Å². The lowest BCUT2D eigenvalue weighted by atomic mass is 10.0. The third-order valence-electron chi connectivity index (χ3n) is 4.43. The number of aryl methyl sites for hydroxylation is 2. The third kappa shape index (κ3) is 5.05. The summed E-state index contributed by atoms with van der Waals surface area (Å²) in [5.41, 5.74) is 8.34. The van der Waals surface area contributed by atoms with Crippen molar-refractivity contribution in [2.24, 2.45) is 11.7 Å². The molecular formula is C19H28ClFN4O. The molecular weight excluding hydrogens is 355 g/mol. The summed E-state index contributed by atoms with van der Waals surface area (Å²) in [5, 5.41) is 4.28. The van der Waals surface area contributed by atoms with Gasteiger partial charge < -0.3 is 10.6 Å². The smallest absolute Gasteiger partial charge is 0.253 e. The number of nitrogens with two attached hydrogens (primary N) is 1. The van der Waals surface area contributed by atoms with Crippen molar-refractivity contribution in [3.8, 4) is 5.69 Å². The number of carbonyl (C=O) groups excluding carboxylic acids is 1. The minimum atomic E-state index is -0.468. The molecule has 1 atom stereocenters. The fourth-order valence-electron chi connectivity index (χ4n) is 2.68. The molecule has 0 aliphatic carbocycles. The average molecular weight is 383 g/mol. The zero-order chi connectivity index (χ0) is 18.7. The van der Waals surface area contributed by atoms with Crippen molar-refractivity contribution in [1.82, 2.24) is 14.7 Å². The summed E-state index contributed by atoms with van der Waals surface area (Å²) in [4.78, 5) is 14.1. The Bertz CT molecular complexity index is 760. The first-order valence-corrected chi connectivity index (χ1v) is 8.55.